The van der Waals surface area contributed by atoms with Crippen molar-refractivity contribution in [3.8, 4) is 0 Å². The fourth-order valence-corrected chi connectivity index (χ4v) is 3.18. The Morgan fingerprint density at radius 1 is 0.889 bits per heavy atom. The van der Waals surface area contributed by atoms with E-state index in [1.54, 1.807) is 0 Å². The van der Waals surface area contributed by atoms with Gasteiger partial charge in [-0.1, -0.05) is 84.2 Å². The molecule has 0 N–H and O–H groups in total. The van der Waals surface area contributed by atoms with E-state index in [0.717, 1.165) is 11.1 Å². The standard InChI is InChI=1S/C15H14OS2/c1-17-15(16)18-14(12-8-4-2-5-9-12)13-10-6-3-7-11-13/h2-11,14H,1H3. The van der Waals surface area contributed by atoms with Gasteiger partial charge in [-0.15, -0.1) is 0 Å². The Kier molecular flexibility index (Phi) is 4.90. The maximum absolute atomic E-state index is 11.7. The molecule has 0 saturated carbocycles. The Balaban J connectivity index is 2.32. The van der Waals surface area contributed by atoms with Crippen LogP contribution in [0.1, 0.15) is 16.4 Å². The molecule has 0 aliphatic heterocycles. The quantitative estimate of drug-likeness (QED) is 0.784. The summed E-state index contributed by atoms with van der Waals surface area (Å²) >= 11 is 2.64. The Morgan fingerprint density at radius 3 is 1.72 bits per heavy atom. The predicted octanol–water partition coefficient (Wildman–Crippen LogP) is 4.99. The average molecular weight is 274 g/mol. The highest BCUT2D eigenvalue weighted by Crippen LogP contribution is 2.38. The summed E-state index contributed by atoms with van der Waals surface area (Å²) in [5.41, 5.74) is 2.33. The van der Waals surface area contributed by atoms with Crippen molar-refractivity contribution in [2.24, 2.45) is 0 Å². The smallest absolute Gasteiger partial charge is 0.246 e. The molecule has 2 aromatic carbocycles. The van der Waals surface area contributed by atoms with Crippen molar-refractivity contribution in [1.29, 1.82) is 0 Å². The van der Waals surface area contributed by atoms with E-state index in [0.29, 0.717) is 0 Å². The Labute approximate surface area is 116 Å². The molecule has 0 bridgehead atoms. The minimum atomic E-state index is 0.0762. The van der Waals surface area contributed by atoms with Crippen LogP contribution in [-0.4, -0.2) is 10.7 Å². The van der Waals surface area contributed by atoms with Gasteiger partial charge in [0.15, 0.2) is 0 Å². The van der Waals surface area contributed by atoms with Crippen LogP contribution in [0, 0.1) is 0 Å². The zero-order chi connectivity index (χ0) is 12.8. The summed E-state index contributed by atoms with van der Waals surface area (Å²) in [5, 5.41) is 0.0762. The van der Waals surface area contributed by atoms with E-state index < -0.39 is 0 Å². The molecule has 0 heterocycles. The number of carbonyl (C=O) groups is 1. The van der Waals surface area contributed by atoms with Gasteiger partial charge >= 0.3 is 0 Å². The first-order valence-electron chi connectivity index (χ1n) is 5.66. The predicted molar refractivity (Wildman–Crippen MR) is 81.2 cm³/mol. The molecule has 0 radical (unpaired) electrons. The minimum Gasteiger partial charge on any atom is -0.274 e. The molecular formula is C15H14OS2. The van der Waals surface area contributed by atoms with E-state index in [-0.39, 0.29) is 9.70 Å². The summed E-state index contributed by atoms with van der Waals surface area (Å²) in [5.74, 6) is 0. The van der Waals surface area contributed by atoms with E-state index in [9.17, 15) is 4.79 Å². The third kappa shape index (κ3) is 3.40. The largest absolute Gasteiger partial charge is 0.274 e. The van der Waals surface area contributed by atoms with Crippen molar-refractivity contribution in [2.75, 3.05) is 6.26 Å². The Morgan fingerprint density at radius 2 is 1.33 bits per heavy atom. The van der Waals surface area contributed by atoms with E-state index in [1.165, 1.54) is 23.5 Å². The normalized spacial score (nSPS) is 10.6. The fraction of sp³-hybridized carbons (Fsp3) is 0.133. The molecule has 92 valence electrons. The zero-order valence-corrected chi connectivity index (χ0v) is 11.7. The second kappa shape index (κ2) is 6.66. The summed E-state index contributed by atoms with van der Waals surface area (Å²) < 4.78 is 0.146. The van der Waals surface area contributed by atoms with Crippen LogP contribution in [0.3, 0.4) is 0 Å². The van der Waals surface area contributed by atoms with Crippen LogP contribution < -0.4 is 0 Å². The highest BCUT2D eigenvalue weighted by atomic mass is 32.2. The second-order valence-corrected chi connectivity index (χ2v) is 5.89. The van der Waals surface area contributed by atoms with Gasteiger partial charge in [0.2, 0.25) is 4.45 Å². The molecule has 0 aliphatic rings. The van der Waals surface area contributed by atoms with E-state index in [1.807, 2.05) is 42.7 Å². The van der Waals surface area contributed by atoms with Gasteiger partial charge < -0.3 is 0 Å². The van der Waals surface area contributed by atoms with Gasteiger partial charge in [0.05, 0.1) is 5.25 Å². The highest BCUT2D eigenvalue weighted by molar-refractivity contribution is 8.38. The van der Waals surface area contributed by atoms with E-state index >= 15 is 0 Å². The lowest BCUT2D eigenvalue weighted by Crippen LogP contribution is -1.98. The summed E-state index contributed by atoms with van der Waals surface area (Å²) in [4.78, 5) is 11.7. The van der Waals surface area contributed by atoms with Crippen molar-refractivity contribution in [2.45, 2.75) is 5.25 Å². The number of carbonyl (C=O) groups excluding carboxylic acids is 1. The number of rotatable bonds is 3. The molecule has 0 spiro atoms. The van der Waals surface area contributed by atoms with Gasteiger partial charge in [-0.05, 0) is 17.4 Å². The van der Waals surface area contributed by atoms with Gasteiger partial charge in [-0.3, -0.25) is 4.79 Å². The molecule has 0 aromatic heterocycles. The van der Waals surface area contributed by atoms with Crippen molar-refractivity contribution in [3.05, 3.63) is 71.8 Å². The van der Waals surface area contributed by atoms with Gasteiger partial charge in [0.25, 0.3) is 0 Å². The molecule has 3 heteroatoms. The Bertz CT molecular complexity index is 457. The highest BCUT2D eigenvalue weighted by Gasteiger charge is 2.17. The summed E-state index contributed by atoms with van der Waals surface area (Å²) in [6, 6.07) is 20.3. The molecular weight excluding hydrogens is 260 g/mol. The van der Waals surface area contributed by atoms with Crippen molar-refractivity contribution in [1.82, 2.24) is 0 Å². The first kappa shape index (κ1) is 13.2. The van der Waals surface area contributed by atoms with Crippen molar-refractivity contribution < 1.29 is 4.79 Å². The van der Waals surface area contributed by atoms with Crippen molar-refractivity contribution >= 4 is 28.0 Å². The van der Waals surface area contributed by atoms with E-state index in [4.69, 9.17) is 0 Å². The maximum Gasteiger partial charge on any atom is 0.246 e. The van der Waals surface area contributed by atoms with E-state index in [2.05, 4.69) is 24.3 Å². The molecule has 0 aliphatic carbocycles. The van der Waals surface area contributed by atoms with Crippen LogP contribution in [0.2, 0.25) is 0 Å². The SMILES string of the molecule is CSC(=O)SC(c1ccccc1)c1ccccc1. The van der Waals surface area contributed by atoms with Crippen LogP contribution >= 0.6 is 23.5 Å². The monoisotopic (exact) mass is 274 g/mol. The summed E-state index contributed by atoms with van der Waals surface area (Å²) in [6.45, 7) is 0. The molecule has 2 rings (SSSR count). The number of hydrogen-bond donors (Lipinski definition) is 0. The van der Waals surface area contributed by atoms with Crippen LogP contribution in [0.15, 0.2) is 60.7 Å². The number of thioether (sulfide) groups is 2. The van der Waals surface area contributed by atoms with Gasteiger partial charge in [0, 0.05) is 0 Å². The van der Waals surface area contributed by atoms with Gasteiger partial charge in [-0.25, -0.2) is 0 Å². The molecule has 0 atom stereocenters. The zero-order valence-electron chi connectivity index (χ0n) is 10.1. The number of benzene rings is 2. The Hall–Kier alpha value is -1.19. The van der Waals surface area contributed by atoms with Gasteiger partial charge in [0.1, 0.15) is 0 Å². The fourth-order valence-electron chi connectivity index (χ4n) is 1.73. The molecule has 1 nitrogen and oxygen atoms in total. The third-order valence-corrected chi connectivity index (χ3v) is 4.68. The number of hydrogen-bond acceptors (Lipinski definition) is 3. The van der Waals surface area contributed by atoms with Crippen LogP contribution in [0.4, 0.5) is 4.79 Å². The first-order valence-corrected chi connectivity index (χ1v) is 7.76. The molecule has 0 saturated heterocycles. The lowest BCUT2D eigenvalue weighted by Gasteiger charge is -2.16. The van der Waals surface area contributed by atoms with Gasteiger partial charge in [-0.2, -0.15) is 0 Å². The second-order valence-electron chi connectivity index (χ2n) is 3.77. The third-order valence-electron chi connectivity index (χ3n) is 2.59. The minimum absolute atomic E-state index is 0.0762. The van der Waals surface area contributed by atoms with Crippen molar-refractivity contribution in [3.63, 3.8) is 0 Å². The molecule has 18 heavy (non-hydrogen) atoms. The van der Waals surface area contributed by atoms with Crippen LogP contribution in [0.25, 0.3) is 0 Å². The molecule has 2 aromatic rings. The molecule has 0 unspecified atom stereocenters. The average Bonchev–Trinajstić information content (AvgIpc) is 2.46. The molecule has 0 fully saturated rings. The first-order chi connectivity index (χ1) is 8.81. The summed E-state index contributed by atoms with van der Waals surface area (Å²) in [7, 11) is 0. The topological polar surface area (TPSA) is 17.1 Å². The lowest BCUT2D eigenvalue weighted by atomic mass is 10.0. The summed E-state index contributed by atoms with van der Waals surface area (Å²) in [6.07, 6.45) is 1.82. The van der Waals surface area contributed by atoms with Crippen LogP contribution in [-0.2, 0) is 0 Å². The van der Waals surface area contributed by atoms with Crippen LogP contribution in [0.5, 0.6) is 0 Å². The lowest BCUT2D eigenvalue weighted by molar-refractivity contribution is 0.276. The molecule has 0 amide bonds. The maximum atomic E-state index is 11.7.